The molecule has 3 rings (SSSR count). The Hall–Kier alpha value is -2.85. The van der Waals surface area contributed by atoms with E-state index >= 15 is 0 Å². The largest absolute Gasteiger partial charge is 0.416 e. The Bertz CT molecular complexity index is 934. The summed E-state index contributed by atoms with van der Waals surface area (Å²) < 4.78 is 64.6. The van der Waals surface area contributed by atoms with Crippen LogP contribution in [-0.4, -0.2) is 45.3 Å². The zero-order chi connectivity index (χ0) is 22.8. The predicted octanol–water partition coefficient (Wildman–Crippen LogP) is 4.73. The molecule has 1 saturated heterocycles. The molecule has 11 heteroatoms. The summed E-state index contributed by atoms with van der Waals surface area (Å²) in [6.07, 6.45) is -5.37. The molecule has 31 heavy (non-hydrogen) atoms. The van der Waals surface area contributed by atoms with E-state index in [1.807, 2.05) is 13.8 Å². The van der Waals surface area contributed by atoms with Gasteiger partial charge in [-0.15, -0.1) is 0 Å². The van der Waals surface area contributed by atoms with Gasteiger partial charge in [-0.2, -0.15) is 22.0 Å². The van der Waals surface area contributed by atoms with Gasteiger partial charge in [0.2, 0.25) is 5.95 Å². The number of likely N-dealkylation sites (tertiary alicyclic amines) is 1. The van der Waals surface area contributed by atoms with Gasteiger partial charge in [0.05, 0.1) is 11.3 Å². The fourth-order valence-electron chi connectivity index (χ4n) is 3.39. The first-order valence-electron chi connectivity index (χ1n) is 9.80. The summed E-state index contributed by atoms with van der Waals surface area (Å²) in [7, 11) is 0. The molecule has 0 bridgehead atoms. The number of pyridine rings is 1. The molecule has 1 aliphatic heterocycles. The van der Waals surface area contributed by atoms with Crippen LogP contribution in [-0.2, 0) is 11.0 Å². The smallest absolute Gasteiger partial charge is 0.337 e. The van der Waals surface area contributed by atoms with Crippen molar-refractivity contribution in [2.45, 2.75) is 51.1 Å². The van der Waals surface area contributed by atoms with Gasteiger partial charge < -0.3 is 10.2 Å². The molecule has 0 spiro atoms. The topological polar surface area (TPSA) is 71.0 Å². The highest BCUT2D eigenvalue weighted by molar-refractivity contribution is 5.79. The minimum Gasteiger partial charge on any atom is -0.337 e. The number of carbonyl (C=O) groups excluding carboxylic acids is 1. The Morgan fingerprint density at radius 3 is 2.61 bits per heavy atom. The molecule has 1 fully saturated rings. The van der Waals surface area contributed by atoms with Gasteiger partial charge in [-0.05, 0) is 37.0 Å². The van der Waals surface area contributed by atoms with Crippen molar-refractivity contribution >= 4 is 17.7 Å². The van der Waals surface area contributed by atoms with E-state index in [2.05, 4.69) is 20.3 Å². The van der Waals surface area contributed by atoms with E-state index in [-0.39, 0.29) is 36.7 Å². The molecule has 0 saturated carbocycles. The Balaban J connectivity index is 1.89. The molecule has 2 aromatic rings. The van der Waals surface area contributed by atoms with Crippen LogP contribution in [0.4, 0.5) is 33.7 Å². The van der Waals surface area contributed by atoms with E-state index in [4.69, 9.17) is 0 Å². The van der Waals surface area contributed by atoms with Crippen molar-refractivity contribution in [3.8, 4) is 0 Å². The third kappa shape index (κ3) is 5.65. The van der Waals surface area contributed by atoms with E-state index in [1.54, 1.807) is 6.07 Å². The summed E-state index contributed by atoms with van der Waals surface area (Å²) in [4.78, 5) is 25.5. The van der Waals surface area contributed by atoms with Gasteiger partial charge in [0.15, 0.2) is 0 Å². The van der Waals surface area contributed by atoms with Crippen LogP contribution >= 0.6 is 0 Å². The minimum atomic E-state index is -4.52. The number of piperidine rings is 1. The second-order valence-electron chi connectivity index (χ2n) is 7.67. The number of nitrogens with zero attached hydrogens (tertiary/aromatic N) is 4. The van der Waals surface area contributed by atoms with Gasteiger partial charge in [0.1, 0.15) is 5.82 Å². The molecule has 1 atom stereocenters. The summed E-state index contributed by atoms with van der Waals surface area (Å²) in [6, 6.07) is 3.46. The molecule has 0 aromatic carbocycles. The number of halogens is 5. The monoisotopic (exact) mass is 443 g/mol. The van der Waals surface area contributed by atoms with Gasteiger partial charge in [-0.1, -0.05) is 13.8 Å². The molecule has 1 N–H and O–H groups in total. The van der Waals surface area contributed by atoms with E-state index < -0.39 is 24.1 Å². The maximum atomic E-state index is 13.0. The van der Waals surface area contributed by atoms with Crippen molar-refractivity contribution in [2.24, 2.45) is 0 Å². The van der Waals surface area contributed by atoms with Crippen LogP contribution in [0.25, 0.3) is 0 Å². The highest BCUT2D eigenvalue weighted by Gasteiger charge is 2.32. The lowest BCUT2D eigenvalue weighted by Crippen LogP contribution is -2.42. The molecule has 1 aliphatic rings. The van der Waals surface area contributed by atoms with Crippen LogP contribution in [0, 0.1) is 0 Å². The fourth-order valence-corrected chi connectivity index (χ4v) is 3.39. The first kappa shape index (κ1) is 22.8. The molecule has 2 aromatic heterocycles. The fraction of sp³-hybridized carbons (Fsp3) is 0.500. The number of nitrogens with one attached hydrogen (secondary N) is 1. The first-order chi connectivity index (χ1) is 14.5. The van der Waals surface area contributed by atoms with E-state index in [1.165, 1.54) is 0 Å². The molecule has 1 amide bonds. The second-order valence-corrected chi connectivity index (χ2v) is 7.67. The number of rotatable bonds is 5. The number of aromatic nitrogens is 3. The molecule has 3 heterocycles. The maximum Gasteiger partial charge on any atom is 0.416 e. The molecular formula is C20H22F5N5O. The number of carbonyl (C=O) groups is 1. The van der Waals surface area contributed by atoms with Crippen LogP contribution in [0.3, 0.4) is 0 Å². The van der Waals surface area contributed by atoms with E-state index in [0.717, 1.165) is 23.2 Å². The lowest BCUT2D eigenvalue weighted by atomic mass is 9.93. The summed E-state index contributed by atoms with van der Waals surface area (Å²) in [5, 5.41) is 2.71. The van der Waals surface area contributed by atoms with E-state index in [9.17, 15) is 26.7 Å². The predicted molar refractivity (Wildman–Crippen MR) is 103 cm³/mol. The zero-order valence-corrected chi connectivity index (χ0v) is 17.0. The third-order valence-electron chi connectivity index (χ3n) is 5.02. The van der Waals surface area contributed by atoms with Crippen molar-refractivity contribution in [1.29, 1.82) is 0 Å². The van der Waals surface area contributed by atoms with Crippen molar-refractivity contribution < 1.29 is 26.7 Å². The SMILES string of the molecule is CC(C)c1cc(C2CCCN(C(=O)C(F)F)C2)nc(Nc2cc(C(F)(F)F)ccn2)n1. The Morgan fingerprint density at radius 2 is 1.97 bits per heavy atom. The summed E-state index contributed by atoms with van der Waals surface area (Å²) in [6.45, 7) is 4.14. The Morgan fingerprint density at radius 1 is 1.23 bits per heavy atom. The number of alkyl halides is 5. The Kier molecular flexibility index (Phi) is 6.71. The van der Waals surface area contributed by atoms with Gasteiger partial charge in [0, 0.05) is 30.9 Å². The molecule has 6 nitrogen and oxygen atoms in total. The summed E-state index contributed by atoms with van der Waals surface area (Å²) in [5.41, 5.74) is 0.315. The average Bonchev–Trinajstić information content (AvgIpc) is 2.72. The highest BCUT2D eigenvalue weighted by Crippen LogP contribution is 2.31. The third-order valence-corrected chi connectivity index (χ3v) is 5.02. The van der Waals surface area contributed by atoms with Crippen molar-refractivity contribution in [3.05, 3.63) is 41.3 Å². The minimum absolute atomic E-state index is 0.0147. The molecule has 0 aliphatic carbocycles. The standard InChI is InChI=1S/C20H22F5N5O/c1-11(2)14-9-15(12-4-3-7-30(10-12)18(31)17(21)22)28-19(27-14)29-16-8-13(5-6-26-16)20(23,24)25/h5-6,8-9,11-12,17H,3-4,7,10H2,1-2H3,(H,26,27,28,29). The molecule has 0 radical (unpaired) electrons. The molecular weight excluding hydrogens is 421 g/mol. The highest BCUT2D eigenvalue weighted by atomic mass is 19.4. The summed E-state index contributed by atoms with van der Waals surface area (Å²) in [5.74, 6) is -1.52. The van der Waals surface area contributed by atoms with E-state index in [0.29, 0.717) is 24.2 Å². The van der Waals surface area contributed by atoms with Crippen LogP contribution in [0.1, 0.15) is 55.5 Å². The normalized spacial score (nSPS) is 17.3. The zero-order valence-electron chi connectivity index (χ0n) is 17.0. The van der Waals surface area contributed by atoms with Crippen molar-refractivity contribution in [2.75, 3.05) is 18.4 Å². The van der Waals surface area contributed by atoms with Crippen molar-refractivity contribution in [3.63, 3.8) is 0 Å². The molecule has 168 valence electrons. The van der Waals surface area contributed by atoms with Gasteiger partial charge in [-0.25, -0.2) is 15.0 Å². The van der Waals surface area contributed by atoms with Gasteiger partial charge >= 0.3 is 12.6 Å². The first-order valence-corrected chi connectivity index (χ1v) is 9.80. The number of anilines is 2. The lowest BCUT2D eigenvalue weighted by Gasteiger charge is -2.32. The average molecular weight is 443 g/mol. The van der Waals surface area contributed by atoms with Crippen LogP contribution in [0.5, 0.6) is 0 Å². The Labute approximate surface area is 175 Å². The molecule has 1 unspecified atom stereocenters. The second kappa shape index (κ2) is 9.11. The number of amides is 1. The lowest BCUT2D eigenvalue weighted by molar-refractivity contribution is -0.144. The van der Waals surface area contributed by atoms with Crippen LogP contribution in [0.2, 0.25) is 0 Å². The summed E-state index contributed by atoms with van der Waals surface area (Å²) >= 11 is 0. The van der Waals surface area contributed by atoms with Gasteiger partial charge in [0.25, 0.3) is 5.91 Å². The van der Waals surface area contributed by atoms with Crippen molar-refractivity contribution in [1.82, 2.24) is 19.9 Å². The number of hydrogen-bond acceptors (Lipinski definition) is 5. The van der Waals surface area contributed by atoms with Crippen LogP contribution in [0.15, 0.2) is 24.4 Å². The number of hydrogen-bond donors (Lipinski definition) is 1. The maximum absolute atomic E-state index is 13.0. The van der Waals surface area contributed by atoms with Crippen LogP contribution < -0.4 is 5.32 Å². The van der Waals surface area contributed by atoms with Gasteiger partial charge in [-0.3, -0.25) is 4.79 Å². The quantitative estimate of drug-likeness (QED) is 0.677.